The van der Waals surface area contributed by atoms with Gasteiger partial charge < -0.3 is 15.2 Å². The third-order valence-electron chi connectivity index (χ3n) is 3.24. The number of nitrogens with zero attached hydrogens (tertiary/aromatic N) is 2. The van der Waals surface area contributed by atoms with Crippen LogP contribution in [0.4, 0.5) is 0 Å². The molecular formula is C14H26N4O. The van der Waals surface area contributed by atoms with E-state index in [-0.39, 0.29) is 11.6 Å². The highest BCUT2D eigenvalue weighted by Gasteiger charge is 2.16. The maximum atomic E-state index is 12.0. The van der Waals surface area contributed by atoms with Crippen LogP contribution in [0.3, 0.4) is 0 Å². The topological polar surface area (TPSA) is 61.0 Å². The second kappa shape index (κ2) is 6.82. The summed E-state index contributed by atoms with van der Waals surface area (Å²) >= 11 is 0. The van der Waals surface area contributed by atoms with Crippen molar-refractivity contribution < 1.29 is 0 Å². The summed E-state index contributed by atoms with van der Waals surface area (Å²) in [5.41, 5.74) is 1.51. The van der Waals surface area contributed by atoms with Gasteiger partial charge in [-0.3, -0.25) is 4.79 Å². The summed E-state index contributed by atoms with van der Waals surface area (Å²) in [5, 5.41) is 3.47. The minimum absolute atomic E-state index is 0.00834. The fourth-order valence-corrected chi connectivity index (χ4v) is 2.29. The van der Waals surface area contributed by atoms with Gasteiger partial charge in [0.05, 0.1) is 5.56 Å². The average molecular weight is 266 g/mol. The molecule has 0 radical (unpaired) electrons. The lowest BCUT2D eigenvalue weighted by atomic mass is 10.1. The zero-order valence-corrected chi connectivity index (χ0v) is 12.9. The molecule has 0 amide bonds. The number of H-pyrrole nitrogens is 1. The van der Waals surface area contributed by atoms with Gasteiger partial charge in [-0.15, -0.1) is 0 Å². The molecule has 0 aliphatic rings. The Morgan fingerprint density at radius 1 is 1.32 bits per heavy atom. The van der Waals surface area contributed by atoms with Crippen molar-refractivity contribution in [1.29, 1.82) is 0 Å². The number of aromatic amines is 1. The van der Waals surface area contributed by atoms with Crippen LogP contribution in [-0.2, 0) is 0 Å². The molecule has 5 heteroatoms. The number of nitrogens with one attached hydrogen (secondary N) is 2. The molecular weight excluding hydrogens is 240 g/mol. The molecule has 2 atom stereocenters. The third-order valence-corrected chi connectivity index (χ3v) is 3.24. The van der Waals surface area contributed by atoms with E-state index in [2.05, 4.69) is 41.2 Å². The van der Waals surface area contributed by atoms with Gasteiger partial charge in [-0.1, -0.05) is 0 Å². The fourth-order valence-electron chi connectivity index (χ4n) is 2.29. The lowest BCUT2D eigenvalue weighted by molar-refractivity contribution is 0.353. The van der Waals surface area contributed by atoms with E-state index in [1.54, 1.807) is 6.92 Å². The van der Waals surface area contributed by atoms with Gasteiger partial charge in [0.1, 0.15) is 5.82 Å². The fraction of sp³-hybridized carbons (Fsp3) is 0.714. The van der Waals surface area contributed by atoms with Gasteiger partial charge in [0.15, 0.2) is 0 Å². The van der Waals surface area contributed by atoms with E-state index < -0.39 is 0 Å². The molecule has 19 heavy (non-hydrogen) atoms. The van der Waals surface area contributed by atoms with Gasteiger partial charge in [0.25, 0.3) is 5.56 Å². The summed E-state index contributed by atoms with van der Waals surface area (Å²) in [4.78, 5) is 21.3. The molecule has 2 unspecified atom stereocenters. The monoisotopic (exact) mass is 266 g/mol. The van der Waals surface area contributed by atoms with E-state index in [4.69, 9.17) is 0 Å². The summed E-state index contributed by atoms with van der Waals surface area (Å²) in [6, 6.07) is 0.367. The van der Waals surface area contributed by atoms with Crippen LogP contribution >= 0.6 is 0 Å². The Hall–Kier alpha value is -1.20. The molecule has 1 aromatic rings. The van der Waals surface area contributed by atoms with Crippen LogP contribution in [-0.4, -0.2) is 41.5 Å². The zero-order chi connectivity index (χ0) is 14.6. The van der Waals surface area contributed by atoms with Crippen molar-refractivity contribution >= 4 is 0 Å². The molecule has 0 aliphatic heterocycles. The maximum Gasteiger partial charge on any atom is 0.255 e. The van der Waals surface area contributed by atoms with Crippen LogP contribution in [0.1, 0.15) is 43.4 Å². The standard InChI is InChI=1S/C14H26N4O/c1-9(7-8-18(5)6)15-10(2)13-11(3)16-12(4)17-14(13)19/h9-10,15H,7-8H2,1-6H3,(H,16,17,19). The van der Waals surface area contributed by atoms with Crippen LogP contribution < -0.4 is 10.9 Å². The van der Waals surface area contributed by atoms with Crippen LogP contribution in [0.5, 0.6) is 0 Å². The van der Waals surface area contributed by atoms with E-state index in [9.17, 15) is 4.79 Å². The number of hydrogen-bond acceptors (Lipinski definition) is 4. The molecule has 108 valence electrons. The minimum atomic E-state index is -0.0372. The summed E-state index contributed by atoms with van der Waals surface area (Å²) in [6.45, 7) is 8.88. The van der Waals surface area contributed by atoms with Gasteiger partial charge in [-0.05, 0) is 54.8 Å². The first-order chi connectivity index (χ1) is 8.81. The van der Waals surface area contributed by atoms with Crippen molar-refractivity contribution in [3.8, 4) is 0 Å². The summed E-state index contributed by atoms with van der Waals surface area (Å²) in [7, 11) is 4.13. The number of aromatic nitrogens is 2. The third kappa shape index (κ3) is 4.76. The Balaban J connectivity index is 2.73. The van der Waals surface area contributed by atoms with Gasteiger partial charge in [0.2, 0.25) is 0 Å². The first-order valence-corrected chi connectivity index (χ1v) is 6.79. The highest BCUT2D eigenvalue weighted by Crippen LogP contribution is 2.12. The summed E-state index contributed by atoms with van der Waals surface area (Å²) in [6.07, 6.45) is 1.05. The average Bonchev–Trinajstić information content (AvgIpc) is 2.24. The summed E-state index contributed by atoms with van der Waals surface area (Å²) in [5.74, 6) is 0.666. The maximum absolute atomic E-state index is 12.0. The van der Waals surface area contributed by atoms with Crippen molar-refractivity contribution in [1.82, 2.24) is 20.2 Å². The van der Waals surface area contributed by atoms with E-state index >= 15 is 0 Å². The Morgan fingerprint density at radius 3 is 2.47 bits per heavy atom. The Morgan fingerprint density at radius 2 is 1.95 bits per heavy atom. The highest BCUT2D eigenvalue weighted by molar-refractivity contribution is 5.20. The molecule has 0 bridgehead atoms. The first-order valence-electron chi connectivity index (χ1n) is 6.79. The van der Waals surface area contributed by atoms with E-state index in [1.807, 2.05) is 13.8 Å². The zero-order valence-electron chi connectivity index (χ0n) is 12.9. The molecule has 0 fully saturated rings. The molecule has 1 heterocycles. The molecule has 0 aromatic carbocycles. The molecule has 0 aliphatic carbocycles. The van der Waals surface area contributed by atoms with E-state index in [0.29, 0.717) is 11.9 Å². The van der Waals surface area contributed by atoms with Crippen LogP contribution in [0.25, 0.3) is 0 Å². The van der Waals surface area contributed by atoms with Crippen molar-refractivity contribution in [3.63, 3.8) is 0 Å². The molecule has 1 aromatic heterocycles. The Labute approximate surface area is 115 Å². The van der Waals surface area contributed by atoms with E-state index in [0.717, 1.165) is 24.2 Å². The normalized spacial score (nSPS) is 14.7. The molecule has 1 rings (SSSR count). The van der Waals surface area contributed by atoms with Crippen molar-refractivity contribution in [2.45, 2.75) is 46.2 Å². The minimum Gasteiger partial charge on any atom is -0.310 e. The molecule has 0 saturated heterocycles. The lowest BCUT2D eigenvalue weighted by Gasteiger charge is -2.22. The highest BCUT2D eigenvalue weighted by atomic mass is 16.1. The smallest absolute Gasteiger partial charge is 0.255 e. The number of rotatable bonds is 6. The predicted molar refractivity (Wildman–Crippen MR) is 78.5 cm³/mol. The van der Waals surface area contributed by atoms with Gasteiger partial charge in [-0.25, -0.2) is 4.98 Å². The summed E-state index contributed by atoms with van der Waals surface area (Å²) < 4.78 is 0. The van der Waals surface area contributed by atoms with Crippen LogP contribution in [0.2, 0.25) is 0 Å². The molecule has 2 N–H and O–H groups in total. The SMILES string of the molecule is Cc1nc(C)c(C(C)NC(C)CCN(C)C)c(=O)[nH]1. The lowest BCUT2D eigenvalue weighted by Crippen LogP contribution is -2.35. The first kappa shape index (κ1) is 15.9. The molecule has 5 nitrogen and oxygen atoms in total. The quantitative estimate of drug-likeness (QED) is 0.816. The van der Waals surface area contributed by atoms with Crippen LogP contribution in [0.15, 0.2) is 4.79 Å². The second-order valence-corrected chi connectivity index (χ2v) is 5.53. The Bertz CT molecular complexity index is 467. The van der Waals surface area contributed by atoms with Crippen molar-refractivity contribution in [2.24, 2.45) is 0 Å². The predicted octanol–water partition coefficient (Wildman–Crippen LogP) is 1.38. The van der Waals surface area contributed by atoms with Crippen molar-refractivity contribution in [3.05, 3.63) is 27.4 Å². The van der Waals surface area contributed by atoms with Gasteiger partial charge >= 0.3 is 0 Å². The largest absolute Gasteiger partial charge is 0.310 e. The second-order valence-electron chi connectivity index (χ2n) is 5.53. The van der Waals surface area contributed by atoms with E-state index in [1.165, 1.54) is 0 Å². The van der Waals surface area contributed by atoms with Crippen molar-refractivity contribution in [2.75, 3.05) is 20.6 Å². The van der Waals surface area contributed by atoms with Crippen LogP contribution in [0, 0.1) is 13.8 Å². The number of hydrogen-bond donors (Lipinski definition) is 2. The van der Waals surface area contributed by atoms with Gasteiger partial charge in [-0.2, -0.15) is 0 Å². The van der Waals surface area contributed by atoms with Gasteiger partial charge in [0, 0.05) is 17.8 Å². The molecule has 0 spiro atoms. The Kier molecular flexibility index (Phi) is 5.69. The molecule has 0 saturated carbocycles. The number of aryl methyl sites for hydroxylation is 2.